The summed E-state index contributed by atoms with van der Waals surface area (Å²) in [6.07, 6.45) is 0.0571. The third-order valence-electron chi connectivity index (χ3n) is 4.92. The fraction of sp³-hybridized carbons (Fsp3) is 0.227. The Morgan fingerprint density at radius 3 is 2.75 bits per heavy atom. The van der Waals surface area contributed by atoms with Gasteiger partial charge in [0.05, 0.1) is 35.4 Å². The van der Waals surface area contributed by atoms with Crippen LogP contribution in [0.5, 0.6) is 5.75 Å². The van der Waals surface area contributed by atoms with Crippen LogP contribution in [0.25, 0.3) is 10.9 Å². The Kier molecular flexibility index (Phi) is 6.22. The Morgan fingerprint density at radius 2 is 1.94 bits per heavy atom. The lowest BCUT2D eigenvalue weighted by Crippen LogP contribution is -2.17. The first kappa shape index (κ1) is 21.6. The predicted octanol–water partition coefficient (Wildman–Crippen LogP) is 3.09. The standard InChI is InChI=1S/C22H22N6O3S/c1-13(20-24-15-9-5-4-8-14(15)21(30)25-20)32-22-27-26-18(28(22)2)12-19(29)23-16-10-6-7-11-17(16)31-3/h4-11,13H,12H2,1-3H3,(H,23,29)(H,24,25,30)/t13-/m1/s1. The van der Waals surface area contributed by atoms with E-state index >= 15 is 0 Å². The minimum atomic E-state index is -0.227. The van der Waals surface area contributed by atoms with E-state index in [1.54, 1.807) is 36.9 Å². The molecule has 0 aliphatic rings. The predicted molar refractivity (Wildman–Crippen MR) is 123 cm³/mol. The van der Waals surface area contributed by atoms with Crippen LogP contribution in [0.2, 0.25) is 0 Å². The summed E-state index contributed by atoms with van der Waals surface area (Å²) in [6.45, 7) is 1.93. The maximum Gasteiger partial charge on any atom is 0.258 e. The SMILES string of the molecule is COc1ccccc1NC(=O)Cc1nnc(S[C@H](C)c2nc3ccccc3c(=O)[nH]2)n1C. The molecule has 0 aliphatic carbocycles. The van der Waals surface area contributed by atoms with Gasteiger partial charge in [0.1, 0.15) is 17.4 Å². The van der Waals surface area contributed by atoms with Gasteiger partial charge >= 0.3 is 0 Å². The molecule has 2 N–H and O–H groups in total. The first-order chi connectivity index (χ1) is 15.5. The number of nitrogens with zero attached hydrogens (tertiary/aromatic N) is 4. The summed E-state index contributed by atoms with van der Waals surface area (Å²) in [5.41, 5.74) is 1.06. The van der Waals surface area contributed by atoms with Crippen molar-refractivity contribution in [3.63, 3.8) is 0 Å². The first-order valence-electron chi connectivity index (χ1n) is 9.93. The van der Waals surface area contributed by atoms with Crippen molar-refractivity contribution >= 4 is 34.3 Å². The zero-order valence-corrected chi connectivity index (χ0v) is 18.6. The number of carbonyl (C=O) groups is 1. The molecule has 4 rings (SSSR count). The number of rotatable bonds is 7. The summed E-state index contributed by atoms with van der Waals surface area (Å²) in [5.74, 6) is 1.43. The van der Waals surface area contributed by atoms with Crippen molar-refractivity contribution < 1.29 is 9.53 Å². The number of hydrogen-bond acceptors (Lipinski definition) is 7. The highest BCUT2D eigenvalue weighted by Gasteiger charge is 2.19. The Labute approximate surface area is 188 Å². The molecule has 164 valence electrons. The molecule has 0 aliphatic heterocycles. The number of methoxy groups -OCH3 is 1. The van der Waals surface area contributed by atoms with Crippen molar-refractivity contribution in [2.75, 3.05) is 12.4 Å². The van der Waals surface area contributed by atoms with Crippen molar-refractivity contribution in [1.29, 1.82) is 0 Å². The normalized spacial score (nSPS) is 12.0. The molecule has 0 bridgehead atoms. The van der Waals surface area contributed by atoms with Crippen LogP contribution in [0.15, 0.2) is 58.5 Å². The maximum absolute atomic E-state index is 12.5. The van der Waals surface area contributed by atoms with Crippen LogP contribution < -0.4 is 15.6 Å². The van der Waals surface area contributed by atoms with E-state index < -0.39 is 0 Å². The molecule has 1 amide bonds. The highest BCUT2D eigenvalue weighted by atomic mass is 32.2. The van der Waals surface area contributed by atoms with Crippen LogP contribution in [0.3, 0.4) is 0 Å². The topological polar surface area (TPSA) is 115 Å². The van der Waals surface area contributed by atoms with Gasteiger partial charge in [-0.1, -0.05) is 36.0 Å². The molecule has 0 radical (unpaired) electrons. The van der Waals surface area contributed by atoms with E-state index in [2.05, 4.69) is 25.5 Å². The minimum Gasteiger partial charge on any atom is -0.495 e. The maximum atomic E-state index is 12.5. The van der Waals surface area contributed by atoms with Crippen LogP contribution in [0.1, 0.15) is 23.8 Å². The number of ether oxygens (including phenoxy) is 1. The smallest absolute Gasteiger partial charge is 0.258 e. The van der Waals surface area contributed by atoms with Crippen molar-refractivity contribution in [2.45, 2.75) is 23.8 Å². The van der Waals surface area contributed by atoms with Gasteiger partial charge < -0.3 is 19.6 Å². The second-order valence-electron chi connectivity index (χ2n) is 7.11. The van der Waals surface area contributed by atoms with Gasteiger partial charge in [-0.3, -0.25) is 9.59 Å². The van der Waals surface area contributed by atoms with Crippen LogP contribution in [0.4, 0.5) is 5.69 Å². The summed E-state index contributed by atoms with van der Waals surface area (Å²) in [7, 11) is 3.35. The van der Waals surface area contributed by atoms with Gasteiger partial charge in [-0.25, -0.2) is 4.98 Å². The summed E-state index contributed by atoms with van der Waals surface area (Å²) < 4.78 is 7.03. The van der Waals surface area contributed by atoms with E-state index in [-0.39, 0.29) is 23.1 Å². The van der Waals surface area contributed by atoms with Gasteiger partial charge in [0, 0.05) is 7.05 Å². The molecule has 4 aromatic rings. The van der Waals surface area contributed by atoms with E-state index in [1.165, 1.54) is 11.8 Å². The number of amides is 1. The Balaban J connectivity index is 1.47. The fourth-order valence-corrected chi connectivity index (χ4v) is 4.09. The van der Waals surface area contributed by atoms with Crippen molar-refractivity contribution in [2.24, 2.45) is 7.05 Å². The molecule has 0 fully saturated rings. The highest BCUT2D eigenvalue weighted by molar-refractivity contribution is 7.99. The van der Waals surface area contributed by atoms with Crippen LogP contribution >= 0.6 is 11.8 Å². The van der Waals surface area contributed by atoms with Crippen LogP contribution in [0, 0.1) is 0 Å². The van der Waals surface area contributed by atoms with Crippen LogP contribution in [-0.2, 0) is 18.3 Å². The number of benzene rings is 2. The lowest BCUT2D eigenvalue weighted by Gasteiger charge is -2.11. The number of aromatic amines is 1. The Bertz CT molecular complexity index is 1330. The molecule has 1 atom stereocenters. The number of thioether (sulfide) groups is 1. The quantitative estimate of drug-likeness (QED) is 0.416. The number of nitrogens with one attached hydrogen (secondary N) is 2. The highest BCUT2D eigenvalue weighted by Crippen LogP contribution is 2.32. The van der Waals surface area contributed by atoms with E-state index in [1.807, 2.05) is 37.3 Å². The minimum absolute atomic E-state index is 0.0571. The zero-order chi connectivity index (χ0) is 22.7. The van der Waals surface area contributed by atoms with Crippen molar-refractivity contribution in [1.82, 2.24) is 24.7 Å². The second-order valence-corrected chi connectivity index (χ2v) is 8.42. The molecule has 2 aromatic heterocycles. The molecular formula is C22H22N6O3S. The summed E-state index contributed by atoms with van der Waals surface area (Å²) in [4.78, 5) is 32.3. The van der Waals surface area contributed by atoms with Gasteiger partial charge in [0.2, 0.25) is 5.91 Å². The van der Waals surface area contributed by atoms with Gasteiger partial charge in [-0.2, -0.15) is 0 Å². The van der Waals surface area contributed by atoms with Gasteiger partial charge in [0.15, 0.2) is 5.16 Å². The molecule has 2 heterocycles. The van der Waals surface area contributed by atoms with Crippen LogP contribution in [-0.4, -0.2) is 37.7 Å². The molecule has 2 aromatic carbocycles. The molecule has 0 saturated heterocycles. The molecule has 9 nitrogen and oxygen atoms in total. The monoisotopic (exact) mass is 450 g/mol. The number of carbonyl (C=O) groups excluding carboxylic acids is 1. The number of para-hydroxylation sites is 3. The van der Waals surface area contributed by atoms with E-state index in [4.69, 9.17) is 4.74 Å². The number of fused-ring (bicyclic) bond motifs is 1. The van der Waals surface area contributed by atoms with Crippen molar-refractivity contribution in [3.05, 3.63) is 70.5 Å². The zero-order valence-electron chi connectivity index (χ0n) is 17.8. The molecule has 0 saturated carbocycles. The third-order valence-corrected chi connectivity index (χ3v) is 6.07. The average Bonchev–Trinajstić information content (AvgIpc) is 3.13. The number of hydrogen-bond donors (Lipinski definition) is 2. The number of anilines is 1. The molecule has 0 spiro atoms. The number of H-pyrrole nitrogens is 1. The molecule has 32 heavy (non-hydrogen) atoms. The summed E-state index contributed by atoms with van der Waals surface area (Å²) >= 11 is 1.40. The first-order valence-corrected chi connectivity index (χ1v) is 10.8. The van der Waals surface area contributed by atoms with Crippen molar-refractivity contribution in [3.8, 4) is 5.75 Å². The molecular weight excluding hydrogens is 428 g/mol. The van der Waals surface area contributed by atoms with Gasteiger partial charge in [-0.05, 0) is 31.2 Å². The average molecular weight is 451 g/mol. The second kappa shape index (κ2) is 9.23. The van der Waals surface area contributed by atoms with E-state index in [9.17, 15) is 9.59 Å². The lowest BCUT2D eigenvalue weighted by atomic mass is 10.2. The lowest BCUT2D eigenvalue weighted by molar-refractivity contribution is -0.115. The van der Waals surface area contributed by atoms with E-state index in [0.717, 1.165) is 0 Å². The third kappa shape index (κ3) is 4.50. The fourth-order valence-electron chi connectivity index (χ4n) is 3.20. The summed E-state index contributed by atoms with van der Waals surface area (Å²) in [6, 6.07) is 14.4. The number of aromatic nitrogens is 5. The van der Waals surface area contributed by atoms with E-state index in [0.29, 0.717) is 39.1 Å². The Hall–Kier alpha value is -3.66. The molecule has 0 unspecified atom stereocenters. The largest absolute Gasteiger partial charge is 0.495 e. The van der Waals surface area contributed by atoms with Gasteiger partial charge in [0.25, 0.3) is 5.56 Å². The Morgan fingerprint density at radius 1 is 1.19 bits per heavy atom. The van der Waals surface area contributed by atoms with Gasteiger partial charge in [-0.15, -0.1) is 10.2 Å². The molecule has 10 heteroatoms. The summed E-state index contributed by atoms with van der Waals surface area (Å²) in [5, 5.41) is 12.2.